The number of hydrogen-bond acceptors (Lipinski definition) is 3. The second-order valence-corrected chi connectivity index (χ2v) is 5.70. The number of rotatable bonds is 2. The molecule has 1 aliphatic rings. The lowest BCUT2D eigenvalue weighted by Gasteiger charge is -2.32. The summed E-state index contributed by atoms with van der Waals surface area (Å²) in [4.78, 5) is 22.6. The van der Waals surface area contributed by atoms with Crippen molar-refractivity contribution in [3.63, 3.8) is 0 Å². The number of esters is 1. The molecule has 86 valence electrons. The van der Waals surface area contributed by atoms with Gasteiger partial charge in [0.1, 0.15) is 0 Å². The molecule has 1 fully saturated rings. The Morgan fingerprint density at radius 1 is 1.33 bits per heavy atom. The zero-order valence-electron chi connectivity index (χ0n) is 10.1. The van der Waals surface area contributed by atoms with E-state index in [-0.39, 0.29) is 29.1 Å². The maximum absolute atomic E-state index is 11.7. The Balaban J connectivity index is 3.04. The van der Waals surface area contributed by atoms with E-state index < -0.39 is 6.10 Å². The third-order valence-corrected chi connectivity index (χ3v) is 3.12. The highest BCUT2D eigenvalue weighted by Crippen LogP contribution is 2.43. The molecule has 0 N–H and O–H groups in total. The van der Waals surface area contributed by atoms with Gasteiger partial charge in [0.05, 0.1) is 5.92 Å². The van der Waals surface area contributed by atoms with Gasteiger partial charge in [-0.25, -0.2) is 0 Å². The van der Waals surface area contributed by atoms with Crippen molar-refractivity contribution in [2.45, 2.75) is 40.7 Å². The molecule has 0 aromatic rings. The minimum Gasteiger partial charge on any atom is -0.454 e. The lowest BCUT2D eigenvalue weighted by atomic mass is 9.68. The Morgan fingerprint density at radius 3 is 2.20 bits per heavy atom. The first-order chi connectivity index (χ1) is 6.79. The number of aldehydes is 1. The summed E-state index contributed by atoms with van der Waals surface area (Å²) in [6.07, 6.45) is 0.195. The summed E-state index contributed by atoms with van der Waals surface area (Å²) in [6.45, 7) is 10.1. The third kappa shape index (κ3) is 2.21. The standard InChI is InChI=1S/C12H20O3/c1-7(2)9-10(12(3,4)5)8(6-13)15-11(9)14/h6-10H,1-5H3. The van der Waals surface area contributed by atoms with Crippen LogP contribution in [0.4, 0.5) is 0 Å². The average molecular weight is 212 g/mol. The van der Waals surface area contributed by atoms with Gasteiger partial charge in [0.2, 0.25) is 0 Å². The molecule has 0 spiro atoms. The molecular formula is C12H20O3. The molecule has 1 saturated heterocycles. The summed E-state index contributed by atoms with van der Waals surface area (Å²) in [5.41, 5.74) is -0.0906. The van der Waals surface area contributed by atoms with Crippen LogP contribution in [-0.4, -0.2) is 18.4 Å². The fraction of sp³-hybridized carbons (Fsp3) is 0.833. The summed E-state index contributed by atoms with van der Waals surface area (Å²) < 4.78 is 5.12. The molecule has 0 aromatic heterocycles. The molecule has 3 atom stereocenters. The van der Waals surface area contributed by atoms with Crippen LogP contribution in [0.15, 0.2) is 0 Å². The number of carbonyl (C=O) groups is 2. The van der Waals surface area contributed by atoms with Gasteiger partial charge in [0, 0.05) is 5.92 Å². The Morgan fingerprint density at radius 2 is 1.87 bits per heavy atom. The predicted octanol–water partition coefficient (Wildman–Crippen LogP) is 2.05. The first-order valence-electron chi connectivity index (χ1n) is 5.45. The van der Waals surface area contributed by atoms with Crippen molar-refractivity contribution in [1.29, 1.82) is 0 Å². The van der Waals surface area contributed by atoms with E-state index in [1.165, 1.54) is 0 Å². The SMILES string of the molecule is CC(C)C1C(=O)OC(C=O)C1C(C)(C)C. The minimum atomic E-state index is -0.565. The molecular weight excluding hydrogens is 192 g/mol. The Labute approximate surface area is 91.2 Å². The van der Waals surface area contributed by atoms with Gasteiger partial charge in [-0.05, 0) is 11.3 Å². The summed E-state index contributed by atoms with van der Waals surface area (Å²) in [5, 5.41) is 0. The topological polar surface area (TPSA) is 43.4 Å². The summed E-state index contributed by atoms with van der Waals surface area (Å²) in [7, 11) is 0. The van der Waals surface area contributed by atoms with Crippen LogP contribution in [0.5, 0.6) is 0 Å². The molecule has 0 saturated carbocycles. The maximum Gasteiger partial charge on any atom is 0.310 e. The second-order valence-electron chi connectivity index (χ2n) is 5.70. The van der Waals surface area contributed by atoms with Crippen LogP contribution in [0.2, 0.25) is 0 Å². The molecule has 0 amide bonds. The average Bonchev–Trinajstić information content (AvgIpc) is 2.41. The van der Waals surface area contributed by atoms with E-state index in [1.807, 2.05) is 34.6 Å². The minimum absolute atomic E-state index is 0.0116. The lowest BCUT2D eigenvalue weighted by molar-refractivity contribution is -0.147. The molecule has 1 aliphatic heterocycles. The molecule has 3 unspecified atom stereocenters. The molecule has 15 heavy (non-hydrogen) atoms. The van der Waals surface area contributed by atoms with Crippen LogP contribution < -0.4 is 0 Å². The summed E-state index contributed by atoms with van der Waals surface area (Å²) in [5.74, 6) is -0.170. The first-order valence-corrected chi connectivity index (χ1v) is 5.45. The van der Waals surface area contributed by atoms with E-state index >= 15 is 0 Å². The van der Waals surface area contributed by atoms with Gasteiger partial charge in [0.15, 0.2) is 12.4 Å². The summed E-state index contributed by atoms with van der Waals surface area (Å²) in [6, 6.07) is 0. The highest BCUT2D eigenvalue weighted by atomic mass is 16.6. The molecule has 3 heteroatoms. The van der Waals surface area contributed by atoms with E-state index in [4.69, 9.17) is 4.74 Å². The predicted molar refractivity (Wildman–Crippen MR) is 57.2 cm³/mol. The van der Waals surface area contributed by atoms with Crippen molar-refractivity contribution < 1.29 is 14.3 Å². The highest BCUT2D eigenvalue weighted by Gasteiger charge is 2.50. The van der Waals surface area contributed by atoms with Crippen LogP contribution in [0.3, 0.4) is 0 Å². The van der Waals surface area contributed by atoms with Crippen molar-refractivity contribution in [3.8, 4) is 0 Å². The highest BCUT2D eigenvalue weighted by molar-refractivity contribution is 5.80. The van der Waals surface area contributed by atoms with Crippen molar-refractivity contribution in [2.24, 2.45) is 23.2 Å². The smallest absolute Gasteiger partial charge is 0.310 e. The maximum atomic E-state index is 11.7. The first kappa shape index (κ1) is 12.2. The normalized spacial score (nSPS) is 31.9. The van der Waals surface area contributed by atoms with Crippen molar-refractivity contribution in [1.82, 2.24) is 0 Å². The van der Waals surface area contributed by atoms with Gasteiger partial charge in [-0.1, -0.05) is 34.6 Å². The quantitative estimate of drug-likeness (QED) is 0.519. The van der Waals surface area contributed by atoms with Crippen molar-refractivity contribution in [3.05, 3.63) is 0 Å². The molecule has 1 rings (SSSR count). The molecule has 1 heterocycles. The van der Waals surface area contributed by atoms with Gasteiger partial charge in [-0.15, -0.1) is 0 Å². The fourth-order valence-electron chi connectivity index (χ4n) is 2.47. The van der Waals surface area contributed by atoms with E-state index in [9.17, 15) is 9.59 Å². The van der Waals surface area contributed by atoms with Crippen LogP contribution in [0.25, 0.3) is 0 Å². The largest absolute Gasteiger partial charge is 0.454 e. The zero-order valence-corrected chi connectivity index (χ0v) is 10.1. The van der Waals surface area contributed by atoms with Crippen LogP contribution in [-0.2, 0) is 14.3 Å². The monoisotopic (exact) mass is 212 g/mol. The van der Waals surface area contributed by atoms with Crippen LogP contribution in [0.1, 0.15) is 34.6 Å². The fourth-order valence-corrected chi connectivity index (χ4v) is 2.47. The number of cyclic esters (lactones) is 1. The van der Waals surface area contributed by atoms with Gasteiger partial charge >= 0.3 is 5.97 Å². The van der Waals surface area contributed by atoms with Gasteiger partial charge in [-0.3, -0.25) is 9.59 Å². The van der Waals surface area contributed by atoms with E-state index in [1.54, 1.807) is 0 Å². The molecule has 0 aliphatic carbocycles. The van der Waals surface area contributed by atoms with Crippen LogP contribution >= 0.6 is 0 Å². The van der Waals surface area contributed by atoms with Gasteiger partial charge < -0.3 is 4.74 Å². The lowest BCUT2D eigenvalue weighted by Crippen LogP contribution is -2.36. The molecule has 3 nitrogen and oxygen atoms in total. The Hall–Kier alpha value is -0.860. The Bertz CT molecular complexity index is 263. The van der Waals surface area contributed by atoms with E-state index in [0.29, 0.717) is 0 Å². The zero-order chi connectivity index (χ0) is 11.8. The van der Waals surface area contributed by atoms with Crippen molar-refractivity contribution in [2.75, 3.05) is 0 Å². The number of carbonyl (C=O) groups excluding carboxylic acids is 2. The second kappa shape index (κ2) is 3.95. The van der Waals surface area contributed by atoms with E-state index in [0.717, 1.165) is 6.29 Å². The Kier molecular flexibility index (Phi) is 3.22. The number of ether oxygens (including phenoxy) is 1. The van der Waals surface area contributed by atoms with Gasteiger partial charge in [0.25, 0.3) is 0 Å². The van der Waals surface area contributed by atoms with Crippen LogP contribution in [0, 0.1) is 23.2 Å². The van der Waals surface area contributed by atoms with Crippen molar-refractivity contribution >= 4 is 12.3 Å². The summed E-state index contributed by atoms with van der Waals surface area (Å²) >= 11 is 0. The van der Waals surface area contributed by atoms with E-state index in [2.05, 4.69) is 0 Å². The molecule has 0 bridgehead atoms. The molecule has 0 aromatic carbocycles. The third-order valence-electron chi connectivity index (χ3n) is 3.12. The van der Waals surface area contributed by atoms with Gasteiger partial charge in [-0.2, -0.15) is 0 Å². The molecule has 0 radical (unpaired) electrons. The number of hydrogen-bond donors (Lipinski definition) is 0.